The van der Waals surface area contributed by atoms with Crippen molar-refractivity contribution >= 4 is 23.4 Å². The molecule has 22 heavy (non-hydrogen) atoms. The van der Waals surface area contributed by atoms with Crippen LogP contribution in [0.25, 0.3) is 0 Å². The molecular weight excluding hydrogens is 294 g/mol. The number of nitro benzene ring substituents is 2. The Morgan fingerprint density at radius 3 is 2.59 bits per heavy atom. The number of nitrogens with zero attached hydrogens (tertiary/aromatic N) is 4. The molecule has 0 saturated carbocycles. The zero-order valence-corrected chi connectivity index (χ0v) is 10.9. The zero-order valence-electron chi connectivity index (χ0n) is 10.9. The Morgan fingerprint density at radius 2 is 2.00 bits per heavy atom. The number of phenolic OH excluding ortho intramolecular Hbond substituents is 1. The van der Waals surface area contributed by atoms with Gasteiger partial charge in [-0.15, -0.1) is 0 Å². The summed E-state index contributed by atoms with van der Waals surface area (Å²) in [5, 5.41) is 35.1. The first kappa shape index (κ1) is 14.8. The summed E-state index contributed by atoms with van der Waals surface area (Å²) in [5.74, 6) is -0.305. The molecule has 10 heteroatoms. The highest BCUT2D eigenvalue weighted by atomic mass is 16.6. The van der Waals surface area contributed by atoms with Gasteiger partial charge in [-0.2, -0.15) is 5.10 Å². The number of rotatable bonds is 5. The van der Waals surface area contributed by atoms with Gasteiger partial charge in [0.25, 0.3) is 5.69 Å². The minimum Gasteiger partial charge on any atom is -0.502 e. The van der Waals surface area contributed by atoms with Crippen LogP contribution in [0.2, 0.25) is 0 Å². The summed E-state index contributed by atoms with van der Waals surface area (Å²) in [4.78, 5) is 23.8. The third kappa shape index (κ3) is 3.30. The number of phenols is 1. The molecule has 0 saturated heterocycles. The molecule has 0 aliphatic rings. The van der Waals surface area contributed by atoms with Gasteiger partial charge >= 0.3 is 5.69 Å². The van der Waals surface area contributed by atoms with Crippen molar-refractivity contribution in [2.24, 2.45) is 5.10 Å². The number of nitrogens with one attached hydrogen (secondary N) is 1. The molecule has 10 nitrogen and oxygen atoms in total. The van der Waals surface area contributed by atoms with E-state index < -0.39 is 27.0 Å². The number of benzene rings is 1. The van der Waals surface area contributed by atoms with Crippen molar-refractivity contribution in [3.8, 4) is 5.75 Å². The molecule has 2 aromatic rings. The van der Waals surface area contributed by atoms with Crippen LogP contribution in [0.15, 0.2) is 41.6 Å². The molecule has 0 radical (unpaired) electrons. The van der Waals surface area contributed by atoms with Gasteiger partial charge in [-0.1, -0.05) is 6.07 Å². The quantitative estimate of drug-likeness (QED) is 0.488. The second-order valence-electron chi connectivity index (χ2n) is 4.00. The summed E-state index contributed by atoms with van der Waals surface area (Å²) in [6.45, 7) is 0. The monoisotopic (exact) mass is 303 g/mol. The van der Waals surface area contributed by atoms with Gasteiger partial charge in [0.2, 0.25) is 5.75 Å². The molecule has 2 N–H and O–H groups in total. The molecule has 0 bridgehead atoms. The van der Waals surface area contributed by atoms with E-state index in [9.17, 15) is 25.3 Å². The Morgan fingerprint density at radius 1 is 1.23 bits per heavy atom. The predicted octanol–water partition coefficient (Wildman–Crippen LogP) is 2.05. The molecule has 0 aliphatic heterocycles. The molecule has 0 aliphatic carbocycles. The Bertz CT molecular complexity index is 747. The fourth-order valence-electron chi connectivity index (χ4n) is 1.57. The molecule has 1 heterocycles. The predicted molar refractivity (Wildman–Crippen MR) is 76.9 cm³/mol. The van der Waals surface area contributed by atoms with Gasteiger partial charge in [0, 0.05) is 12.3 Å². The van der Waals surface area contributed by atoms with Crippen LogP contribution >= 0.6 is 0 Å². The highest BCUT2D eigenvalue weighted by Crippen LogP contribution is 2.33. The van der Waals surface area contributed by atoms with E-state index >= 15 is 0 Å². The van der Waals surface area contributed by atoms with Crippen LogP contribution in [-0.4, -0.2) is 26.2 Å². The SMILES string of the molecule is O=[N+]([O-])c1cc(/C=N\Nc2ccccn2)c(O)c([N+](=O)[O-])c1. The topological polar surface area (TPSA) is 144 Å². The summed E-state index contributed by atoms with van der Waals surface area (Å²) >= 11 is 0. The van der Waals surface area contributed by atoms with Crippen LogP contribution in [0.4, 0.5) is 17.2 Å². The zero-order chi connectivity index (χ0) is 16.1. The maximum Gasteiger partial charge on any atom is 0.318 e. The lowest BCUT2D eigenvalue weighted by atomic mass is 10.1. The standard InChI is InChI=1S/C12H9N5O5/c18-12-8(7-14-15-11-3-1-2-4-13-11)5-9(16(19)20)6-10(12)17(21)22/h1-7,18H,(H,13,15)/b14-7-. The first-order chi connectivity index (χ1) is 10.5. The molecule has 1 aromatic carbocycles. The largest absolute Gasteiger partial charge is 0.502 e. The number of non-ortho nitro benzene ring substituents is 1. The average Bonchev–Trinajstić information content (AvgIpc) is 2.49. The Hall–Kier alpha value is -3.56. The molecule has 1 aromatic heterocycles. The number of aromatic hydroxyl groups is 1. The van der Waals surface area contributed by atoms with Gasteiger partial charge in [-0.25, -0.2) is 4.98 Å². The van der Waals surface area contributed by atoms with E-state index in [1.54, 1.807) is 18.2 Å². The average molecular weight is 303 g/mol. The molecule has 0 atom stereocenters. The van der Waals surface area contributed by atoms with Gasteiger partial charge in [-0.05, 0) is 12.1 Å². The maximum absolute atomic E-state index is 10.8. The van der Waals surface area contributed by atoms with E-state index in [2.05, 4.69) is 15.5 Å². The summed E-state index contributed by atoms with van der Waals surface area (Å²) in [6.07, 6.45) is 2.55. The minimum absolute atomic E-state index is 0.163. The third-order valence-corrected chi connectivity index (χ3v) is 2.56. The molecular formula is C12H9N5O5. The first-order valence-electron chi connectivity index (χ1n) is 5.85. The van der Waals surface area contributed by atoms with Crippen LogP contribution in [-0.2, 0) is 0 Å². The van der Waals surface area contributed by atoms with Crippen molar-refractivity contribution in [3.63, 3.8) is 0 Å². The third-order valence-electron chi connectivity index (χ3n) is 2.56. The van der Waals surface area contributed by atoms with Gasteiger partial charge in [0.15, 0.2) is 0 Å². The lowest BCUT2D eigenvalue weighted by Gasteiger charge is -2.01. The highest BCUT2D eigenvalue weighted by molar-refractivity contribution is 5.87. The van der Waals surface area contributed by atoms with Crippen LogP contribution < -0.4 is 5.43 Å². The van der Waals surface area contributed by atoms with Crippen molar-refractivity contribution in [2.75, 3.05) is 5.43 Å². The van der Waals surface area contributed by atoms with Crippen LogP contribution in [0.5, 0.6) is 5.75 Å². The van der Waals surface area contributed by atoms with Gasteiger partial charge in [-0.3, -0.25) is 25.7 Å². The van der Waals surface area contributed by atoms with E-state index in [-0.39, 0.29) is 5.56 Å². The van der Waals surface area contributed by atoms with Crippen LogP contribution in [0.3, 0.4) is 0 Å². The van der Waals surface area contributed by atoms with Crippen molar-refractivity contribution in [3.05, 3.63) is 62.3 Å². The summed E-state index contributed by atoms with van der Waals surface area (Å²) in [5.41, 5.74) is 1.07. The van der Waals surface area contributed by atoms with E-state index in [0.717, 1.165) is 12.3 Å². The summed E-state index contributed by atoms with van der Waals surface area (Å²) in [6, 6.07) is 6.68. The van der Waals surface area contributed by atoms with E-state index in [1.807, 2.05) is 0 Å². The second-order valence-corrected chi connectivity index (χ2v) is 4.00. The van der Waals surface area contributed by atoms with E-state index in [0.29, 0.717) is 11.9 Å². The fourth-order valence-corrected chi connectivity index (χ4v) is 1.57. The Labute approximate surface area is 123 Å². The number of anilines is 1. The number of aromatic nitrogens is 1. The summed E-state index contributed by atoms with van der Waals surface area (Å²) < 4.78 is 0. The number of pyridine rings is 1. The van der Waals surface area contributed by atoms with Gasteiger partial charge < -0.3 is 5.11 Å². The molecule has 112 valence electrons. The van der Waals surface area contributed by atoms with Crippen LogP contribution in [0.1, 0.15) is 5.56 Å². The molecule has 0 fully saturated rings. The number of hydrogen-bond donors (Lipinski definition) is 2. The smallest absolute Gasteiger partial charge is 0.318 e. The fraction of sp³-hybridized carbons (Fsp3) is 0. The number of hydrogen-bond acceptors (Lipinski definition) is 8. The molecule has 0 unspecified atom stereocenters. The van der Waals surface area contributed by atoms with Gasteiger partial charge in [0.05, 0.1) is 27.7 Å². The lowest BCUT2D eigenvalue weighted by Crippen LogP contribution is -1.98. The Kier molecular flexibility index (Phi) is 4.22. The van der Waals surface area contributed by atoms with Gasteiger partial charge in [0.1, 0.15) is 5.82 Å². The van der Waals surface area contributed by atoms with E-state index in [4.69, 9.17) is 0 Å². The lowest BCUT2D eigenvalue weighted by molar-refractivity contribution is -0.394. The minimum atomic E-state index is -0.911. The maximum atomic E-state index is 10.8. The first-order valence-corrected chi connectivity index (χ1v) is 5.85. The van der Waals surface area contributed by atoms with Crippen molar-refractivity contribution < 1.29 is 15.0 Å². The summed E-state index contributed by atoms with van der Waals surface area (Å²) in [7, 11) is 0. The molecule has 0 spiro atoms. The number of hydrazone groups is 1. The highest BCUT2D eigenvalue weighted by Gasteiger charge is 2.22. The van der Waals surface area contributed by atoms with Crippen LogP contribution in [0, 0.1) is 20.2 Å². The Balaban J connectivity index is 2.33. The normalized spacial score (nSPS) is 10.5. The van der Waals surface area contributed by atoms with Crippen molar-refractivity contribution in [1.29, 1.82) is 0 Å². The number of nitro groups is 2. The molecule has 2 rings (SSSR count). The van der Waals surface area contributed by atoms with E-state index in [1.165, 1.54) is 6.20 Å². The molecule has 0 amide bonds. The van der Waals surface area contributed by atoms with Crippen molar-refractivity contribution in [1.82, 2.24) is 4.98 Å². The van der Waals surface area contributed by atoms with Crippen molar-refractivity contribution in [2.45, 2.75) is 0 Å². The second kappa shape index (κ2) is 6.26.